The molecule has 4 aromatic rings. The van der Waals surface area contributed by atoms with Gasteiger partial charge in [0.15, 0.2) is 5.82 Å². The van der Waals surface area contributed by atoms with Gasteiger partial charge >= 0.3 is 5.69 Å². The molecule has 8 heteroatoms. The Bertz CT molecular complexity index is 993. The number of aromatic amines is 2. The fraction of sp³-hybridized carbons (Fsp3) is 0.125. The van der Waals surface area contributed by atoms with Crippen molar-refractivity contribution in [2.24, 2.45) is 0 Å². The Morgan fingerprint density at radius 2 is 1.96 bits per heavy atom. The third-order valence-electron chi connectivity index (χ3n) is 3.74. The maximum absolute atomic E-state index is 11.2. The summed E-state index contributed by atoms with van der Waals surface area (Å²) in [5, 5.41) is 10.6. The SMILES string of the molecule is O=c1[nH]nc(Cn2ccnc2-c2ccccc2Cn2cccn2)[nH]1. The number of hydrogen-bond donors (Lipinski definition) is 2. The molecule has 24 heavy (non-hydrogen) atoms. The normalized spacial score (nSPS) is 11.0. The third kappa shape index (κ3) is 2.76. The van der Waals surface area contributed by atoms with E-state index in [9.17, 15) is 4.79 Å². The van der Waals surface area contributed by atoms with E-state index in [4.69, 9.17) is 0 Å². The van der Waals surface area contributed by atoms with Gasteiger partial charge in [0.2, 0.25) is 0 Å². The van der Waals surface area contributed by atoms with Gasteiger partial charge in [0, 0.05) is 30.4 Å². The van der Waals surface area contributed by atoms with Crippen molar-refractivity contribution in [1.82, 2.24) is 34.5 Å². The van der Waals surface area contributed by atoms with Crippen LogP contribution in [0.4, 0.5) is 0 Å². The number of aromatic nitrogens is 7. The Kier molecular flexibility index (Phi) is 3.54. The van der Waals surface area contributed by atoms with E-state index in [1.807, 2.05) is 45.9 Å². The minimum Gasteiger partial charge on any atom is -0.323 e. The zero-order chi connectivity index (χ0) is 16.4. The van der Waals surface area contributed by atoms with Crippen LogP contribution < -0.4 is 5.69 Å². The fourth-order valence-corrected chi connectivity index (χ4v) is 2.67. The average Bonchev–Trinajstić information content (AvgIpc) is 3.32. The first-order valence-electron chi connectivity index (χ1n) is 7.50. The number of nitrogens with zero attached hydrogens (tertiary/aromatic N) is 5. The molecule has 0 radical (unpaired) electrons. The fourth-order valence-electron chi connectivity index (χ4n) is 2.67. The highest BCUT2D eigenvalue weighted by Crippen LogP contribution is 2.23. The second-order valence-electron chi connectivity index (χ2n) is 5.36. The van der Waals surface area contributed by atoms with Gasteiger partial charge in [0.05, 0.1) is 13.1 Å². The van der Waals surface area contributed by atoms with E-state index < -0.39 is 0 Å². The molecule has 0 unspecified atom stereocenters. The van der Waals surface area contributed by atoms with Crippen molar-refractivity contribution in [3.8, 4) is 11.4 Å². The van der Waals surface area contributed by atoms with Crippen molar-refractivity contribution in [2.45, 2.75) is 13.1 Å². The van der Waals surface area contributed by atoms with E-state index in [-0.39, 0.29) is 5.69 Å². The van der Waals surface area contributed by atoms with Crippen LogP contribution >= 0.6 is 0 Å². The molecular formula is C16H15N7O. The molecule has 0 bridgehead atoms. The van der Waals surface area contributed by atoms with Gasteiger partial charge in [0.25, 0.3) is 0 Å². The summed E-state index contributed by atoms with van der Waals surface area (Å²) in [5.41, 5.74) is 1.82. The number of imidazole rings is 1. The first-order chi connectivity index (χ1) is 11.8. The van der Waals surface area contributed by atoms with Gasteiger partial charge in [-0.1, -0.05) is 24.3 Å². The summed E-state index contributed by atoms with van der Waals surface area (Å²) < 4.78 is 3.82. The third-order valence-corrected chi connectivity index (χ3v) is 3.74. The molecule has 3 aromatic heterocycles. The van der Waals surface area contributed by atoms with Crippen molar-refractivity contribution in [3.63, 3.8) is 0 Å². The standard InChI is InChI=1S/C16H15N7O/c24-16-19-14(20-21-16)11-22-9-7-17-15(22)13-5-2-1-4-12(13)10-23-8-3-6-18-23/h1-9H,10-11H2,(H2,19,20,21,24). The highest BCUT2D eigenvalue weighted by atomic mass is 16.1. The van der Waals surface area contributed by atoms with E-state index in [1.54, 1.807) is 12.4 Å². The smallest absolute Gasteiger partial charge is 0.323 e. The minimum atomic E-state index is -0.314. The van der Waals surface area contributed by atoms with Crippen LogP contribution in [-0.2, 0) is 13.1 Å². The zero-order valence-electron chi connectivity index (χ0n) is 12.8. The Hall–Kier alpha value is -3.42. The molecule has 0 atom stereocenters. The maximum Gasteiger partial charge on any atom is 0.340 e. The molecule has 0 saturated carbocycles. The molecule has 0 aliphatic heterocycles. The van der Waals surface area contributed by atoms with Crippen LogP contribution in [0.3, 0.4) is 0 Å². The summed E-state index contributed by atoms with van der Waals surface area (Å²) >= 11 is 0. The second-order valence-corrected chi connectivity index (χ2v) is 5.36. The summed E-state index contributed by atoms with van der Waals surface area (Å²) in [6.07, 6.45) is 7.30. The monoisotopic (exact) mass is 321 g/mol. The lowest BCUT2D eigenvalue weighted by Gasteiger charge is -2.11. The number of rotatable bonds is 5. The van der Waals surface area contributed by atoms with Crippen LogP contribution in [0.1, 0.15) is 11.4 Å². The van der Waals surface area contributed by atoms with E-state index in [2.05, 4.69) is 31.3 Å². The van der Waals surface area contributed by atoms with E-state index in [0.717, 1.165) is 17.0 Å². The predicted octanol–water partition coefficient (Wildman–Crippen LogP) is 1.25. The van der Waals surface area contributed by atoms with Crippen LogP contribution in [0.5, 0.6) is 0 Å². The quantitative estimate of drug-likeness (QED) is 0.578. The Balaban J connectivity index is 1.69. The van der Waals surface area contributed by atoms with E-state index >= 15 is 0 Å². The lowest BCUT2D eigenvalue weighted by Crippen LogP contribution is -2.07. The highest BCUT2D eigenvalue weighted by Gasteiger charge is 2.12. The van der Waals surface area contributed by atoms with Gasteiger partial charge in [-0.3, -0.25) is 9.67 Å². The van der Waals surface area contributed by atoms with Crippen LogP contribution in [-0.4, -0.2) is 34.5 Å². The Morgan fingerprint density at radius 1 is 1.04 bits per heavy atom. The van der Waals surface area contributed by atoms with E-state index in [1.165, 1.54) is 0 Å². The summed E-state index contributed by atoms with van der Waals surface area (Å²) in [7, 11) is 0. The largest absolute Gasteiger partial charge is 0.340 e. The van der Waals surface area contributed by atoms with Gasteiger partial charge in [-0.2, -0.15) is 10.2 Å². The van der Waals surface area contributed by atoms with E-state index in [0.29, 0.717) is 18.9 Å². The number of H-pyrrole nitrogens is 2. The summed E-state index contributed by atoms with van der Waals surface area (Å²) in [4.78, 5) is 18.3. The molecule has 4 rings (SSSR count). The topological polar surface area (TPSA) is 97.2 Å². The lowest BCUT2D eigenvalue weighted by molar-refractivity contribution is 0.685. The molecular weight excluding hydrogens is 306 g/mol. The van der Waals surface area contributed by atoms with Crippen molar-refractivity contribution in [2.75, 3.05) is 0 Å². The van der Waals surface area contributed by atoms with Crippen LogP contribution in [0.15, 0.2) is 59.9 Å². The number of benzene rings is 1. The molecule has 0 aliphatic rings. The molecule has 120 valence electrons. The second kappa shape index (κ2) is 5.99. The lowest BCUT2D eigenvalue weighted by atomic mass is 10.1. The molecule has 3 heterocycles. The molecule has 0 saturated heterocycles. The predicted molar refractivity (Wildman–Crippen MR) is 87.3 cm³/mol. The molecule has 2 N–H and O–H groups in total. The number of hydrogen-bond acceptors (Lipinski definition) is 4. The number of nitrogens with one attached hydrogen (secondary N) is 2. The maximum atomic E-state index is 11.2. The van der Waals surface area contributed by atoms with Gasteiger partial charge in [-0.05, 0) is 11.6 Å². The molecule has 1 aromatic carbocycles. The Labute approximate surface area is 136 Å². The molecule has 0 amide bonds. The Morgan fingerprint density at radius 3 is 2.75 bits per heavy atom. The van der Waals surface area contributed by atoms with Crippen LogP contribution in [0, 0.1) is 0 Å². The summed E-state index contributed by atoms with van der Waals surface area (Å²) in [5.74, 6) is 1.38. The van der Waals surface area contributed by atoms with Gasteiger partial charge < -0.3 is 4.57 Å². The summed E-state index contributed by atoms with van der Waals surface area (Å²) in [6, 6.07) is 9.98. The molecule has 0 spiro atoms. The first-order valence-corrected chi connectivity index (χ1v) is 7.50. The van der Waals surface area contributed by atoms with Gasteiger partial charge in [0.1, 0.15) is 5.82 Å². The highest BCUT2D eigenvalue weighted by molar-refractivity contribution is 5.60. The zero-order valence-corrected chi connectivity index (χ0v) is 12.8. The minimum absolute atomic E-state index is 0.314. The van der Waals surface area contributed by atoms with Gasteiger partial charge in [-0.15, -0.1) is 0 Å². The van der Waals surface area contributed by atoms with Crippen LogP contribution in [0.2, 0.25) is 0 Å². The van der Waals surface area contributed by atoms with Crippen LogP contribution in [0.25, 0.3) is 11.4 Å². The molecule has 0 aliphatic carbocycles. The van der Waals surface area contributed by atoms with Crippen molar-refractivity contribution >= 4 is 0 Å². The average molecular weight is 321 g/mol. The first kappa shape index (κ1) is 14.2. The summed E-state index contributed by atoms with van der Waals surface area (Å²) in [6.45, 7) is 1.10. The van der Waals surface area contributed by atoms with Crippen molar-refractivity contribution in [3.05, 3.63) is 77.0 Å². The molecule has 8 nitrogen and oxygen atoms in total. The molecule has 0 fully saturated rings. The van der Waals surface area contributed by atoms with Gasteiger partial charge in [-0.25, -0.2) is 14.9 Å². The van der Waals surface area contributed by atoms with Crippen molar-refractivity contribution in [1.29, 1.82) is 0 Å². The van der Waals surface area contributed by atoms with Crippen molar-refractivity contribution < 1.29 is 0 Å².